The van der Waals surface area contributed by atoms with E-state index in [9.17, 15) is 0 Å². The third-order valence-corrected chi connectivity index (χ3v) is 6.54. The van der Waals surface area contributed by atoms with Crippen LogP contribution in [0.1, 0.15) is 70.4 Å². The quantitative estimate of drug-likeness (QED) is 0.256. The van der Waals surface area contributed by atoms with Crippen LogP contribution in [0.4, 0.5) is 0 Å². The average Bonchev–Trinajstić information content (AvgIpc) is 3.00. The molecular weight excluding hydrogens is 401 g/mol. The first-order chi connectivity index (χ1) is 14.2. The summed E-state index contributed by atoms with van der Waals surface area (Å²) in [6, 6.07) is 12.4. The maximum Gasteiger partial charge on any atom is 0.142 e. The van der Waals surface area contributed by atoms with E-state index in [1.165, 1.54) is 51.4 Å². The Labute approximate surface area is 185 Å². The van der Waals surface area contributed by atoms with Crippen LogP contribution in [0, 0.1) is 0 Å². The first-order valence-corrected chi connectivity index (χ1v) is 11.8. The number of pyridine rings is 1. The van der Waals surface area contributed by atoms with Crippen molar-refractivity contribution in [2.75, 3.05) is 13.2 Å². The van der Waals surface area contributed by atoms with E-state index in [1.54, 1.807) is 0 Å². The summed E-state index contributed by atoms with van der Waals surface area (Å²) >= 11 is 13.0. The van der Waals surface area contributed by atoms with Crippen molar-refractivity contribution in [2.24, 2.45) is 0 Å². The summed E-state index contributed by atoms with van der Waals surface area (Å²) in [5, 5.41) is 2.47. The van der Waals surface area contributed by atoms with Gasteiger partial charge in [0.25, 0.3) is 0 Å². The second-order valence-corrected chi connectivity index (χ2v) is 8.72. The monoisotopic (exact) mass is 433 g/mol. The van der Waals surface area contributed by atoms with Crippen LogP contribution in [0.3, 0.4) is 0 Å². The Morgan fingerprint density at radius 3 is 2.21 bits per heavy atom. The number of unbranched alkanes of at least 4 members (excludes halogenated alkanes) is 8. The van der Waals surface area contributed by atoms with Crippen LogP contribution >= 0.6 is 23.2 Å². The number of halogens is 2. The first kappa shape index (κ1) is 22.2. The zero-order valence-electron chi connectivity index (χ0n) is 17.5. The molecular formula is C24H33Cl2N3. The summed E-state index contributed by atoms with van der Waals surface area (Å²) in [5.74, 6) is 0. The Morgan fingerprint density at radius 1 is 0.793 bits per heavy atom. The van der Waals surface area contributed by atoms with Crippen molar-refractivity contribution in [1.29, 1.82) is 0 Å². The third kappa shape index (κ3) is 6.52. The zero-order valence-corrected chi connectivity index (χ0v) is 19.1. The molecule has 0 aliphatic carbocycles. The second kappa shape index (κ2) is 11.7. The van der Waals surface area contributed by atoms with Crippen molar-refractivity contribution in [1.82, 2.24) is 14.8 Å². The largest absolute Gasteiger partial charge is 0.342 e. The molecule has 2 aromatic rings. The number of hydrogen-bond donors (Lipinski definition) is 0. The maximum atomic E-state index is 6.52. The second-order valence-electron chi connectivity index (χ2n) is 8.01. The van der Waals surface area contributed by atoms with Gasteiger partial charge < -0.3 is 9.80 Å². The van der Waals surface area contributed by atoms with Crippen LogP contribution in [0.25, 0.3) is 10.9 Å². The van der Waals surface area contributed by atoms with Crippen LogP contribution in [0.2, 0.25) is 0 Å². The molecule has 1 aromatic carbocycles. The molecule has 0 N–H and O–H groups in total. The van der Waals surface area contributed by atoms with Crippen molar-refractivity contribution in [3.05, 3.63) is 52.4 Å². The lowest BCUT2D eigenvalue weighted by atomic mass is 10.1. The number of fused-ring (bicyclic) bond motifs is 1. The highest BCUT2D eigenvalue weighted by Crippen LogP contribution is 2.31. The third-order valence-electron chi connectivity index (χ3n) is 5.61. The SMILES string of the molecule is CCCCCCCCCCCN1CN(Cc2ccc3ccccc3n2)C(Cl)=C1Cl. The van der Waals surface area contributed by atoms with E-state index in [0.29, 0.717) is 16.9 Å². The van der Waals surface area contributed by atoms with Gasteiger partial charge in [0.2, 0.25) is 0 Å². The van der Waals surface area contributed by atoms with Gasteiger partial charge in [-0.15, -0.1) is 0 Å². The zero-order chi connectivity index (χ0) is 20.5. The average molecular weight is 434 g/mol. The van der Waals surface area contributed by atoms with E-state index >= 15 is 0 Å². The van der Waals surface area contributed by atoms with E-state index in [2.05, 4.69) is 34.9 Å². The molecule has 0 unspecified atom stereocenters. The van der Waals surface area contributed by atoms with Gasteiger partial charge in [-0.25, -0.2) is 0 Å². The van der Waals surface area contributed by atoms with Gasteiger partial charge in [0.15, 0.2) is 0 Å². The van der Waals surface area contributed by atoms with Gasteiger partial charge in [0, 0.05) is 11.9 Å². The van der Waals surface area contributed by atoms with Gasteiger partial charge in [-0.3, -0.25) is 4.98 Å². The number of nitrogens with zero attached hydrogens (tertiary/aromatic N) is 3. The molecule has 0 bridgehead atoms. The summed E-state index contributed by atoms with van der Waals surface area (Å²) in [6.07, 6.45) is 12.0. The molecule has 3 nitrogen and oxygen atoms in total. The molecule has 0 amide bonds. The van der Waals surface area contributed by atoms with Gasteiger partial charge in [0.05, 0.1) is 24.4 Å². The molecule has 2 heterocycles. The molecule has 1 aliphatic rings. The summed E-state index contributed by atoms with van der Waals surface area (Å²) < 4.78 is 0. The fourth-order valence-electron chi connectivity index (χ4n) is 3.88. The van der Waals surface area contributed by atoms with Crippen LogP contribution in [0.15, 0.2) is 46.7 Å². The highest BCUT2D eigenvalue weighted by Gasteiger charge is 2.26. The summed E-state index contributed by atoms with van der Waals surface area (Å²) in [4.78, 5) is 9.05. The van der Waals surface area contributed by atoms with E-state index in [4.69, 9.17) is 28.2 Å². The molecule has 1 aliphatic heterocycles. The van der Waals surface area contributed by atoms with Gasteiger partial charge >= 0.3 is 0 Å². The molecule has 1 aromatic heterocycles. The maximum absolute atomic E-state index is 6.52. The van der Waals surface area contributed by atoms with Crippen LogP contribution in [-0.2, 0) is 6.54 Å². The van der Waals surface area contributed by atoms with Crippen molar-refractivity contribution >= 4 is 34.1 Å². The molecule has 0 radical (unpaired) electrons. The Kier molecular flexibility index (Phi) is 8.94. The van der Waals surface area contributed by atoms with Gasteiger partial charge in [-0.2, -0.15) is 0 Å². The predicted molar refractivity (Wildman–Crippen MR) is 125 cm³/mol. The standard InChI is InChI=1S/C24H33Cl2N3/c1-2-3-4-5-6-7-8-9-12-17-28-19-29(24(26)23(28)25)18-21-16-15-20-13-10-11-14-22(20)27-21/h10-11,13-16H,2-9,12,17-19H2,1H3. The molecule has 29 heavy (non-hydrogen) atoms. The van der Waals surface area contributed by atoms with Crippen molar-refractivity contribution < 1.29 is 0 Å². The van der Waals surface area contributed by atoms with Crippen LogP contribution in [0.5, 0.6) is 0 Å². The Bertz CT molecular complexity index is 806. The van der Waals surface area contributed by atoms with E-state index < -0.39 is 0 Å². The van der Waals surface area contributed by atoms with Crippen molar-refractivity contribution in [3.8, 4) is 0 Å². The Hall–Kier alpha value is -1.45. The van der Waals surface area contributed by atoms with Gasteiger partial charge in [-0.1, -0.05) is 106 Å². The summed E-state index contributed by atoms with van der Waals surface area (Å²) in [7, 11) is 0. The summed E-state index contributed by atoms with van der Waals surface area (Å²) in [5.41, 5.74) is 2.03. The molecule has 5 heteroatoms. The fraction of sp³-hybridized carbons (Fsp3) is 0.542. The number of benzene rings is 1. The first-order valence-electron chi connectivity index (χ1n) is 11.1. The number of hydrogen-bond acceptors (Lipinski definition) is 3. The van der Waals surface area contributed by atoms with E-state index in [1.807, 2.05) is 18.2 Å². The van der Waals surface area contributed by atoms with Gasteiger partial charge in [-0.05, 0) is 18.6 Å². The Balaban J connectivity index is 1.40. The molecule has 0 fully saturated rings. The fourth-order valence-corrected chi connectivity index (χ4v) is 4.37. The lowest BCUT2D eigenvalue weighted by Gasteiger charge is -2.22. The lowest BCUT2D eigenvalue weighted by Crippen LogP contribution is -2.27. The Morgan fingerprint density at radius 2 is 1.45 bits per heavy atom. The molecule has 0 saturated carbocycles. The minimum Gasteiger partial charge on any atom is -0.342 e. The molecule has 0 spiro atoms. The minimum absolute atomic E-state index is 0.637. The highest BCUT2D eigenvalue weighted by molar-refractivity contribution is 6.38. The molecule has 0 saturated heterocycles. The van der Waals surface area contributed by atoms with Crippen molar-refractivity contribution in [3.63, 3.8) is 0 Å². The molecule has 158 valence electrons. The van der Waals surface area contributed by atoms with E-state index in [0.717, 1.165) is 36.2 Å². The minimum atomic E-state index is 0.637. The molecule has 3 rings (SSSR count). The van der Waals surface area contributed by atoms with Gasteiger partial charge in [0.1, 0.15) is 10.3 Å². The van der Waals surface area contributed by atoms with Crippen LogP contribution in [-0.4, -0.2) is 28.0 Å². The number of rotatable bonds is 12. The molecule has 0 atom stereocenters. The number of aromatic nitrogens is 1. The van der Waals surface area contributed by atoms with Crippen molar-refractivity contribution in [2.45, 2.75) is 71.3 Å². The van der Waals surface area contributed by atoms with Crippen LogP contribution < -0.4 is 0 Å². The predicted octanol–water partition coefficient (Wildman–Crippen LogP) is 7.44. The van der Waals surface area contributed by atoms with E-state index in [-0.39, 0.29) is 0 Å². The smallest absolute Gasteiger partial charge is 0.142 e. The normalized spacial score (nSPS) is 14.4. The summed E-state index contributed by atoms with van der Waals surface area (Å²) in [6.45, 7) is 4.65. The highest BCUT2D eigenvalue weighted by atomic mass is 35.5. The topological polar surface area (TPSA) is 19.4 Å². The number of para-hydroxylation sites is 1. The lowest BCUT2D eigenvalue weighted by molar-refractivity contribution is 0.247.